The molecule has 0 saturated carbocycles. The number of halogens is 1. The van der Waals surface area contributed by atoms with Crippen LogP contribution in [0.1, 0.15) is 38.5 Å². The van der Waals surface area contributed by atoms with E-state index in [0.717, 1.165) is 18.6 Å². The van der Waals surface area contributed by atoms with E-state index >= 15 is 0 Å². The molecule has 1 aromatic rings. The number of ether oxygens (including phenoxy) is 1. The van der Waals surface area contributed by atoms with Crippen molar-refractivity contribution >= 4 is 23.5 Å². The second-order valence-electron chi connectivity index (χ2n) is 4.96. The molecule has 0 aliphatic heterocycles. The molecule has 122 valence electrons. The van der Waals surface area contributed by atoms with Gasteiger partial charge in [-0.25, -0.2) is 0 Å². The fourth-order valence-electron chi connectivity index (χ4n) is 1.85. The molecule has 0 aromatic heterocycles. The number of hydrogen-bond acceptors (Lipinski definition) is 3. The van der Waals surface area contributed by atoms with Crippen LogP contribution in [0.2, 0.25) is 5.02 Å². The Bertz CT molecular complexity index is 462. The lowest BCUT2D eigenvalue weighted by atomic mass is 10.2. The van der Waals surface area contributed by atoms with Crippen LogP contribution in [0.5, 0.6) is 5.75 Å². The molecule has 0 aliphatic carbocycles. The van der Waals surface area contributed by atoms with Gasteiger partial charge < -0.3 is 15.2 Å². The molecular weight excluding hydrogens is 306 g/mol. The molecule has 0 heterocycles. The van der Waals surface area contributed by atoms with Crippen molar-refractivity contribution in [3.63, 3.8) is 0 Å². The number of nitrogens with one attached hydrogen (secondary N) is 1. The number of rotatable bonds is 11. The van der Waals surface area contributed by atoms with Crippen molar-refractivity contribution in [3.05, 3.63) is 29.3 Å². The minimum Gasteiger partial charge on any atom is -0.494 e. The summed E-state index contributed by atoms with van der Waals surface area (Å²) in [6, 6.07) is 7.10. The maximum Gasteiger partial charge on any atom is 0.303 e. The lowest BCUT2D eigenvalue weighted by Crippen LogP contribution is -2.24. The molecule has 22 heavy (non-hydrogen) atoms. The van der Waals surface area contributed by atoms with E-state index in [-0.39, 0.29) is 12.3 Å². The third kappa shape index (κ3) is 9.23. The standard InChI is InChI=1S/C16H22ClNO4/c17-13-7-9-14(10-8-13)22-12-4-5-15(19)18-11-3-1-2-6-16(20)21/h7-10H,1-6,11-12H2,(H,18,19)(H,20,21). The molecule has 0 unspecified atom stereocenters. The molecule has 6 heteroatoms. The van der Waals surface area contributed by atoms with E-state index in [0.29, 0.717) is 37.4 Å². The van der Waals surface area contributed by atoms with Crippen molar-refractivity contribution in [3.8, 4) is 5.75 Å². The van der Waals surface area contributed by atoms with Gasteiger partial charge in [0, 0.05) is 24.4 Å². The number of unbranched alkanes of at least 4 members (excludes halogenated alkanes) is 2. The van der Waals surface area contributed by atoms with Gasteiger partial charge in [-0.15, -0.1) is 0 Å². The monoisotopic (exact) mass is 327 g/mol. The highest BCUT2D eigenvalue weighted by atomic mass is 35.5. The van der Waals surface area contributed by atoms with Gasteiger partial charge in [-0.3, -0.25) is 9.59 Å². The summed E-state index contributed by atoms with van der Waals surface area (Å²) in [6.45, 7) is 1.07. The lowest BCUT2D eigenvalue weighted by molar-refractivity contribution is -0.137. The van der Waals surface area contributed by atoms with Crippen LogP contribution < -0.4 is 10.1 Å². The van der Waals surface area contributed by atoms with Crippen molar-refractivity contribution in [2.45, 2.75) is 38.5 Å². The van der Waals surface area contributed by atoms with Crippen LogP contribution in [0, 0.1) is 0 Å². The second-order valence-corrected chi connectivity index (χ2v) is 5.40. The number of carbonyl (C=O) groups is 2. The smallest absolute Gasteiger partial charge is 0.303 e. The predicted octanol–water partition coefficient (Wildman–Crippen LogP) is 3.26. The largest absolute Gasteiger partial charge is 0.494 e. The molecule has 2 N–H and O–H groups in total. The Morgan fingerprint density at radius 2 is 1.77 bits per heavy atom. The highest BCUT2D eigenvalue weighted by Gasteiger charge is 2.02. The molecule has 0 fully saturated rings. The highest BCUT2D eigenvalue weighted by Crippen LogP contribution is 2.15. The summed E-state index contributed by atoms with van der Waals surface area (Å²) < 4.78 is 5.50. The highest BCUT2D eigenvalue weighted by molar-refractivity contribution is 6.30. The van der Waals surface area contributed by atoms with E-state index in [1.807, 2.05) is 0 Å². The SMILES string of the molecule is O=C(O)CCCCCNC(=O)CCCOc1ccc(Cl)cc1. The summed E-state index contributed by atoms with van der Waals surface area (Å²) in [5.41, 5.74) is 0. The van der Waals surface area contributed by atoms with Crippen LogP contribution >= 0.6 is 11.6 Å². The van der Waals surface area contributed by atoms with Gasteiger partial charge in [0.1, 0.15) is 5.75 Å². The van der Waals surface area contributed by atoms with E-state index < -0.39 is 5.97 Å². The zero-order valence-corrected chi connectivity index (χ0v) is 13.3. The van der Waals surface area contributed by atoms with E-state index in [2.05, 4.69) is 5.32 Å². The molecule has 0 radical (unpaired) electrons. The predicted molar refractivity (Wildman–Crippen MR) is 85.3 cm³/mol. The van der Waals surface area contributed by atoms with E-state index in [4.69, 9.17) is 21.4 Å². The topological polar surface area (TPSA) is 75.6 Å². The van der Waals surface area contributed by atoms with Crippen LogP contribution in [-0.4, -0.2) is 30.1 Å². The molecule has 1 aromatic carbocycles. The first-order valence-electron chi connectivity index (χ1n) is 7.45. The quantitative estimate of drug-likeness (QED) is 0.612. The van der Waals surface area contributed by atoms with Crippen LogP contribution in [0.15, 0.2) is 24.3 Å². The van der Waals surface area contributed by atoms with Gasteiger partial charge in [-0.1, -0.05) is 18.0 Å². The number of aliphatic carboxylic acids is 1. The van der Waals surface area contributed by atoms with Crippen LogP contribution in [0.25, 0.3) is 0 Å². The number of benzene rings is 1. The minimum absolute atomic E-state index is 0.00191. The molecule has 5 nitrogen and oxygen atoms in total. The molecule has 0 saturated heterocycles. The number of carbonyl (C=O) groups excluding carboxylic acids is 1. The normalized spacial score (nSPS) is 10.2. The van der Waals surface area contributed by atoms with E-state index in [9.17, 15) is 9.59 Å². The Hall–Kier alpha value is -1.75. The third-order valence-electron chi connectivity index (χ3n) is 3.02. The Balaban J connectivity index is 1.97. The average Bonchev–Trinajstić information content (AvgIpc) is 2.49. The molecular formula is C16H22ClNO4. The van der Waals surface area contributed by atoms with Gasteiger partial charge in [-0.05, 0) is 43.5 Å². The zero-order chi connectivity index (χ0) is 16.2. The fraction of sp³-hybridized carbons (Fsp3) is 0.500. The first-order chi connectivity index (χ1) is 10.6. The van der Waals surface area contributed by atoms with Crippen LogP contribution in [0.4, 0.5) is 0 Å². The average molecular weight is 328 g/mol. The van der Waals surface area contributed by atoms with Crippen molar-refractivity contribution < 1.29 is 19.4 Å². The maximum absolute atomic E-state index is 11.6. The number of hydrogen-bond donors (Lipinski definition) is 2. The van der Waals surface area contributed by atoms with Gasteiger partial charge in [-0.2, -0.15) is 0 Å². The first kappa shape index (κ1) is 18.3. The minimum atomic E-state index is -0.773. The van der Waals surface area contributed by atoms with Crippen molar-refractivity contribution in [2.24, 2.45) is 0 Å². The number of carboxylic acids is 1. The van der Waals surface area contributed by atoms with Gasteiger partial charge in [0.15, 0.2) is 0 Å². The maximum atomic E-state index is 11.6. The zero-order valence-electron chi connectivity index (χ0n) is 12.5. The van der Waals surface area contributed by atoms with Crippen molar-refractivity contribution in [2.75, 3.05) is 13.2 Å². The number of carboxylic acid groups (broad SMARTS) is 1. The van der Waals surface area contributed by atoms with Crippen LogP contribution in [-0.2, 0) is 9.59 Å². The van der Waals surface area contributed by atoms with Crippen molar-refractivity contribution in [1.29, 1.82) is 0 Å². The summed E-state index contributed by atoms with van der Waals surface area (Å²) in [4.78, 5) is 21.9. The Morgan fingerprint density at radius 1 is 1.05 bits per heavy atom. The number of amides is 1. The summed E-state index contributed by atoms with van der Waals surface area (Å²) in [6.07, 6.45) is 3.53. The summed E-state index contributed by atoms with van der Waals surface area (Å²) in [5, 5.41) is 12.0. The van der Waals surface area contributed by atoms with E-state index in [1.165, 1.54) is 0 Å². The first-order valence-corrected chi connectivity index (χ1v) is 7.82. The Morgan fingerprint density at radius 3 is 2.45 bits per heavy atom. The lowest BCUT2D eigenvalue weighted by Gasteiger charge is -2.07. The molecule has 0 aliphatic rings. The molecule has 0 atom stereocenters. The van der Waals surface area contributed by atoms with E-state index in [1.54, 1.807) is 24.3 Å². The van der Waals surface area contributed by atoms with Gasteiger partial charge in [0.2, 0.25) is 5.91 Å². The summed E-state index contributed by atoms with van der Waals surface area (Å²) in [7, 11) is 0. The molecule has 0 spiro atoms. The Kier molecular flexibility index (Phi) is 9.07. The second kappa shape index (κ2) is 10.9. The van der Waals surface area contributed by atoms with Gasteiger partial charge in [0.05, 0.1) is 6.61 Å². The van der Waals surface area contributed by atoms with Gasteiger partial charge >= 0.3 is 5.97 Å². The summed E-state index contributed by atoms with van der Waals surface area (Å²) >= 11 is 5.77. The third-order valence-corrected chi connectivity index (χ3v) is 3.27. The van der Waals surface area contributed by atoms with Gasteiger partial charge in [0.25, 0.3) is 0 Å². The Labute approximate surface area is 135 Å². The van der Waals surface area contributed by atoms with Crippen molar-refractivity contribution in [1.82, 2.24) is 5.32 Å². The van der Waals surface area contributed by atoms with Crippen LogP contribution in [0.3, 0.4) is 0 Å². The molecule has 1 rings (SSSR count). The molecule has 1 amide bonds. The molecule has 0 bridgehead atoms. The fourth-order valence-corrected chi connectivity index (χ4v) is 1.97. The summed E-state index contributed by atoms with van der Waals surface area (Å²) in [5.74, 6) is -0.0362.